The first-order valence-corrected chi connectivity index (χ1v) is 7.81. The van der Waals surface area contributed by atoms with Crippen LogP contribution in [-0.2, 0) is 11.8 Å². The second-order valence-corrected chi connectivity index (χ2v) is 5.74. The Hall–Kier alpha value is -2.33. The number of benzene rings is 1. The molecule has 0 spiro atoms. The van der Waals surface area contributed by atoms with E-state index in [1.807, 2.05) is 38.2 Å². The van der Waals surface area contributed by atoms with E-state index in [9.17, 15) is 4.79 Å². The van der Waals surface area contributed by atoms with Crippen molar-refractivity contribution >= 4 is 23.4 Å². The molecule has 22 heavy (non-hydrogen) atoms. The zero-order valence-corrected chi connectivity index (χ0v) is 13.4. The van der Waals surface area contributed by atoms with Crippen molar-refractivity contribution in [3.05, 3.63) is 36.2 Å². The van der Waals surface area contributed by atoms with Crippen LogP contribution in [0.2, 0.25) is 0 Å². The molecule has 6 nitrogen and oxygen atoms in total. The first kappa shape index (κ1) is 16.0. The van der Waals surface area contributed by atoms with E-state index in [0.29, 0.717) is 18.1 Å². The Morgan fingerprint density at radius 1 is 1.41 bits per heavy atom. The van der Waals surface area contributed by atoms with Crippen LogP contribution in [0.5, 0.6) is 0 Å². The molecule has 0 aliphatic heterocycles. The lowest BCUT2D eigenvalue weighted by atomic mass is 10.2. The Kier molecular flexibility index (Phi) is 5.55. The summed E-state index contributed by atoms with van der Waals surface area (Å²) in [5.41, 5.74) is 1.94. The predicted octanol–water partition coefficient (Wildman–Crippen LogP) is 2.16. The fraction of sp³-hybridized carbons (Fsp3) is 0.333. The molecule has 0 saturated carbocycles. The fourth-order valence-corrected chi connectivity index (χ4v) is 2.66. The highest BCUT2D eigenvalue weighted by Gasteiger charge is 2.16. The predicted molar refractivity (Wildman–Crippen MR) is 85.5 cm³/mol. The number of carbonyl (C=O) groups excluding carboxylic acids is 1. The number of aromatic nitrogens is 3. The summed E-state index contributed by atoms with van der Waals surface area (Å²) >= 11 is 1.34. The van der Waals surface area contributed by atoms with Crippen molar-refractivity contribution in [1.82, 2.24) is 14.8 Å². The van der Waals surface area contributed by atoms with E-state index < -0.39 is 0 Å². The van der Waals surface area contributed by atoms with Crippen molar-refractivity contribution in [1.29, 1.82) is 5.26 Å². The van der Waals surface area contributed by atoms with Gasteiger partial charge in [0.2, 0.25) is 5.91 Å². The molecular weight excluding hydrogens is 298 g/mol. The van der Waals surface area contributed by atoms with Crippen LogP contribution >= 0.6 is 11.8 Å². The lowest BCUT2D eigenvalue weighted by Gasteiger charge is -2.21. The van der Waals surface area contributed by atoms with Gasteiger partial charge in [0.1, 0.15) is 6.33 Å². The van der Waals surface area contributed by atoms with E-state index in [0.717, 1.165) is 11.3 Å². The number of hydrogen-bond acceptors (Lipinski definition) is 5. The fourth-order valence-electron chi connectivity index (χ4n) is 1.89. The molecule has 0 radical (unpaired) electrons. The number of amides is 1. The molecule has 0 fully saturated rings. The molecule has 7 heteroatoms. The van der Waals surface area contributed by atoms with Crippen molar-refractivity contribution in [2.75, 3.05) is 17.2 Å². The minimum Gasteiger partial charge on any atom is -0.312 e. The normalized spacial score (nSPS) is 10.2. The summed E-state index contributed by atoms with van der Waals surface area (Å²) in [7, 11) is 1.83. The van der Waals surface area contributed by atoms with Crippen LogP contribution in [0.3, 0.4) is 0 Å². The van der Waals surface area contributed by atoms with E-state index in [1.54, 1.807) is 15.8 Å². The number of carbonyl (C=O) groups is 1. The number of anilines is 1. The van der Waals surface area contributed by atoms with Crippen molar-refractivity contribution in [2.24, 2.45) is 7.05 Å². The van der Waals surface area contributed by atoms with Crippen molar-refractivity contribution in [2.45, 2.75) is 18.5 Å². The van der Waals surface area contributed by atoms with Gasteiger partial charge < -0.3 is 9.47 Å². The van der Waals surface area contributed by atoms with Gasteiger partial charge in [-0.25, -0.2) is 0 Å². The average Bonchev–Trinajstić information content (AvgIpc) is 2.92. The van der Waals surface area contributed by atoms with E-state index >= 15 is 0 Å². The Morgan fingerprint density at radius 2 is 2.14 bits per heavy atom. The maximum Gasteiger partial charge on any atom is 0.237 e. The summed E-state index contributed by atoms with van der Waals surface area (Å²) in [4.78, 5) is 14.1. The SMILES string of the molecule is Cc1ccc(N(CCC#N)C(=O)CSc2nncn2C)cc1. The zero-order chi connectivity index (χ0) is 15.9. The smallest absolute Gasteiger partial charge is 0.237 e. The van der Waals surface area contributed by atoms with E-state index in [1.165, 1.54) is 11.8 Å². The Morgan fingerprint density at radius 3 is 2.73 bits per heavy atom. The summed E-state index contributed by atoms with van der Waals surface area (Å²) in [5, 5.41) is 17.2. The highest BCUT2D eigenvalue weighted by atomic mass is 32.2. The monoisotopic (exact) mass is 315 g/mol. The molecule has 0 atom stereocenters. The molecule has 0 saturated heterocycles. The van der Waals surface area contributed by atoms with Crippen LogP contribution in [0.15, 0.2) is 35.7 Å². The van der Waals surface area contributed by atoms with Gasteiger partial charge in [-0.05, 0) is 19.1 Å². The third kappa shape index (κ3) is 4.09. The van der Waals surface area contributed by atoms with Crippen LogP contribution in [0.1, 0.15) is 12.0 Å². The first-order valence-electron chi connectivity index (χ1n) is 6.82. The number of hydrogen-bond donors (Lipinski definition) is 0. The van der Waals surface area contributed by atoms with Crippen molar-refractivity contribution in [3.8, 4) is 6.07 Å². The van der Waals surface area contributed by atoms with Gasteiger partial charge >= 0.3 is 0 Å². The lowest BCUT2D eigenvalue weighted by Crippen LogP contribution is -2.33. The van der Waals surface area contributed by atoms with Crippen molar-refractivity contribution < 1.29 is 4.79 Å². The van der Waals surface area contributed by atoms with Crippen LogP contribution in [-0.4, -0.2) is 33.0 Å². The molecule has 1 heterocycles. The summed E-state index contributed by atoms with van der Waals surface area (Å²) in [6.07, 6.45) is 1.90. The van der Waals surface area contributed by atoms with Gasteiger partial charge in [0.25, 0.3) is 0 Å². The van der Waals surface area contributed by atoms with Crippen LogP contribution < -0.4 is 4.90 Å². The molecule has 1 aromatic heterocycles. The molecule has 2 rings (SSSR count). The van der Waals surface area contributed by atoms with Crippen molar-refractivity contribution in [3.63, 3.8) is 0 Å². The van der Waals surface area contributed by atoms with Gasteiger partial charge in [-0.15, -0.1) is 10.2 Å². The lowest BCUT2D eigenvalue weighted by molar-refractivity contribution is -0.116. The molecular formula is C15H17N5OS. The molecule has 0 unspecified atom stereocenters. The maximum atomic E-state index is 12.5. The van der Waals surface area contributed by atoms with Gasteiger partial charge in [-0.1, -0.05) is 29.5 Å². The molecule has 0 bridgehead atoms. The second-order valence-electron chi connectivity index (χ2n) is 4.80. The number of nitrogens with zero attached hydrogens (tertiary/aromatic N) is 5. The molecule has 114 valence electrons. The Balaban J connectivity index is 2.07. The Labute approximate surface area is 133 Å². The highest BCUT2D eigenvalue weighted by Crippen LogP contribution is 2.19. The van der Waals surface area contributed by atoms with Gasteiger partial charge in [0.15, 0.2) is 5.16 Å². The van der Waals surface area contributed by atoms with Gasteiger partial charge in [-0.2, -0.15) is 5.26 Å². The maximum absolute atomic E-state index is 12.5. The van der Waals surface area contributed by atoms with Gasteiger partial charge in [0, 0.05) is 19.3 Å². The summed E-state index contributed by atoms with van der Waals surface area (Å²) in [5.74, 6) is 0.207. The second kappa shape index (κ2) is 7.61. The van der Waals surface area contributed by atoms with Crippen LogP contribution in [0.25, 0.3) is 0 Å². The van der Waals surface area contributed by atoms with Crippen LogP contribution in [0.4, 0.5) is 5.69 Å². The topological polar surface area (TPSA) is 74.8 Å². The number of rotatable bonds is 6. The molecule has 0 aliphatic carbocycles. The zero-order valence-electron chi connectivity index (χ0n) is 12.6. The largest absolute Gasteiger partial charge is 0.312 e. The average molecular weight is 315 g/mol. The molecule has 1 amide bonds. The van der Waals surface area contributed by atoms with E-state index in [4.69, 9.17) is 5.26 Å². The van der Waals surface area contributed by atoms with E-state index in [-0.39, 0.29) is 11.7 Å². The molecule has 0 aliphatic rings. The van der Waals surface area contributed by atoms with E-state index in [2.05, 4.69) is 16.3 Å². The quantitative estimate of drug-likeness (QED) is 0.764. The first-order chi connectivity index (χ1) is 10.6. The standard InChI is InChI=1S/C15H17N5OS/c1-12-4-6-13(7-5-12)20(9-3-8-16)14(21)10-22-15-18-17-11-19(15)2/h4-7,11H,3,9-10H2,1-2H3. The third-order valence-electron chi connectivity index (χ3n) is 3.09. The minimum atomic E-state index is -0.0490. The minimum absolute atomic E-state index is 0.0490. The summed E-state index contributed by atoms with van der Waals surface area (Å²) < 4.78 is 1.77. The van der Waals surface area contributed by atoms with Crippen LogP contribution in [0, 0.1) is 18.3 Å². The number of nitriles is 1. The summed E-state index contributed by atoms with van der Waals surface area (Å²) in [6.45, 7) is 2.38. The third-order valence-corrected chi connectivity index (χ3v) is 4.11. The van der Waals surface area contributed by atoms with Gasteiger partial charge in [-0.3, -0.25) is 4.79 Å². The van der Waals surface area contributed by atoms with Gasteiger partial charge in [0.05, 0.1) is 18.2 Å². The highest BCUT2D eigenvalue weighted by molar-refractivity contribution is 7.99. The number of thioether (sulfide) groups is 1. The summed E-state index contributed by atoms with van der Waals surface area (Å²) in [6, 6.07) is 9.80. The molecule has 0 N–H and O–H groups in total. The molecule has 2 aromatic rings. The number of aryl methyl sites for hydroxylation is 2. The molecule has 1 aromatic carbocycles. The Bertz CT molecular complexity index is 674.